The van der Waals surface area contributed by atoms with E-state index < -0.39 is 22.0 Å². The lowest BCUT2D eigenvalue weighted by Crippen LogP contribution is -2.39. The van der Waals surface area contributed by atoms with Crippen LogP contribution < -0.4 is 14.2 Å². The van der Waals surface area contributed by atoms with Gasteiger partial charge in [0.25, 0.3) is 15.1 Å². The third kappa shape index (κ3) is 5.42. The summed E-state index contributed by atoms with van der Waals surface area (Å²) >= 11 is 12.2. The van der Waals surface area contributed by atoms with E-state index in [-0.39, 0.29) is 12.4 Å². The van der Waals surface area contributed by atoms with Gasteiger partial charge in [-0.3, -0.25) is 9.45 Å². The van der Waals surface area contributed by atoms with Gasteiger partial charge in [-0.1, -0.05) is 41.2 Å². The number of carboxylic acid groups (broad SMARTS) is 1. The highest BCUT2D eigenvalue weighted by Gasteiger charge is 2.32. The zero-order chi connectivity index (χ0) is 23.9. The molecule has 4 rings (SSSR count). The molecule has 3 heterocycles. The SMILES string of the molecule is CCC(=Cc1sc2ccc(Cl)cc2[n+]1CC(=O)O)C=C1Oc2sc(Br)cc2N1CS(=O)(=O)O. The van der Waals surface area contributed by atoms with Crippen molar-refractivity contribution in [1.82, 2.24) is 0 Å². The van der Waals surface area contributed by atoms with E-state index in [1.165, 1.54) is 27.6 Å². The standard InChI is InChI=1S/C20H16BrClN2O6S3/c1-2-11(5-17-24(10-33(27,28)29)14-8-16(21)32-20(14)30-17)6-18-23(9-19(25)26)13-7-12(22)3-4-15(13)31-18/h3-8H,2,9-10H2,1H3,(H-,25,26,27,28,29)/p+1. The van der Waals surface area contributed by atoms with Crippen LogP contribution in [0.2, 0.25) is 5.02 Å². The van der Waals surface area contributed by atoms with Gasteiger partial charge in [-0.25, -0.2) is 4.79 Å². The van der Waals surface area contributed by atoms with Gasteiger partial charge in [-0.05, 0) is 46.1 Å². The Labute approximate surface area is 210 Å². The van der Waals surface area contributed by atoms with Crippen LogP contribution in [0.5, 0.6) is 5.06 Å². The van der Waals surface area contributed by atoms with Gasteiger partial charge in [-0.15, -0.1) is 0 Å². The zero-order valence-electron chi connectivity index (χ0n) is 17.0. The number of thiazole rings is 1. The molecule has 0 bridgehead atoms. The van der Waals surface area contributed by atoms with E-state index in [4.69, 9.17) is 16.3 Å². The number of fused-ring (bicyclic) bond motifs is 2. The molecule has 2 N–H and O–H groups in total. The van der Waals surface area contributed by atoms with Gasteiger partial charge < -0.3 is 9.84 Å². The number of aliphatic carboxylic acids is 1. The molecule has 1 aromatic carbocycles. The first-order chi connectivity index (χ1) is 15.5. The predicted molar refractivity (Wildman–Crippen MR) is 133 cm³/mol. The maximum atomic E-state index is 11.6. The van der Waals surface area contributed by atoms with E-state index in [0.717, 1.165) is 14.1 Å². The van der Waals surface area contributed by atoms with Crippen LogP contribution in [0.4, 0.5) is 5.69 Å². The third-order valence-corrected chi connectivity index (χ3v) is 8.14. The van der Waals surface area contributed by atoms with E-state index >= 15 is 0 Å². The van der Waals surface area contributed by atoms with Gasteiger partial charge in [0.05, 0.1) is 3.79 Å². The monoisotopic (exact) mass is 591 g/mol. The lowest BCUT2D eigenvalue weighted by molar-refractivity contribution is -0.657. The van der Waals surface area contributed by atoms with Crippen molar-refractivity contribution in [2.45, 2.75) is 19.9 Å². The van der Waals surface area contributed by atoms with Gasteiger partial charge >= 0.3 is 5.97 Å². The maximum absolute atomic E-state index is 11.6. The van der Waals surface area contributed by atoms with Crippen molar-refractivity contribution < 1.29 is 32.2 Å². The van der Waals surface area contributed by atoms with Crippen molar-refractivity contribution in [3.8, 4) is 5.06 Å². The van der Waals surface area contributed by atoms with Crippen LogP contribution in [0.3, 0.4) is 0 Å². The fraction of sp³-hybridized carbons (Fsp3) is 0.200. The topological polar surface area (TPSA) is 108 Å². The first-order valence-corrected chi connectivity index (χ1v) is 13.9. The summed E-state index contributed by atoms with van der Waals surface area (Å²) in [6.07, 6.45) is 4.09. The van der Waals surface area contributed by atoms with E-state index in [2.05, 4.69) is 15.9 Å². The summed E-state index contributed by atoms with van der Waals surface area (Å²) in [4.78, 5) is 12.9. The second-order valence-electron chi connectivity index (χ2n) is 7.05. The summed E-state index contributed by atoms with van der Waals surface area (Å²) < 4.78 is 41.8. The van der Waals surface area contributed by atoms with E-state index in [1.807, 2.05) is 19.1 Å². The third-order valence-electron chi connectivity index (χ3n) is 4.71. The summed E-state index contributed by atoms with van der Waals surface area (Å²) in [6.45, 7) is 1.68. The molecule has 0 saturated carbocycles. The highest BCUT2D eigenvalue weighted by Crippen LogP contribution is 2.48. The zero-order valence-corrected chi connectivity index (χ0v) is 21.8. The Morgan fingerprint density at radius 3 is 2.76 bits per heavy atom. The number of nitrogens with zero attached hydrogens (tertiary/aromatic N) is 2. The number of hydrogen-bond donors (Lipinski definition) is 2. The highest BCUT2D eigenvalue weighted by atomic mass is 79.9. The Bertz CT molecular complexity index is 1430. The van der Waals surface area contributed by atoms with Gasteiger partial charge in [0, 0.05) is 23.2 Å². The molecule has 0 saturated heterocycles. The second kappa shape index (κ2) is 9.35. The Hall–Kier alpha value is -1.96. The Kier molecular flexibility index (Phi) is 6.85. The van der Waals surface area contributed by atoms with Crippen molar-refractivity contribution in [3.05, 3.63) is 55.6 Å². The number of anilines is 1. The molecule has 0 fully saturated rings. The molecule has 0 spiro atoms. The Morgan fingerprint density at radius 1 is 1.33 bits per heavy atom. The molecule has 1 aliphatic heterocycles. The average molecular weight is 593 g/mol. The predicted octanol–water partition coefficient (Wildman–Crippen LogP) is 5.13. The number of hydrogen-bond acceptors (Lipinski definition) is 7. The number of halogens is 2. The fourth-order valence-corrected chi connectivity index (χ4v) is 6.60. The fourth-order valence-electron chi connectivity index (χ4n) is 3.31. The van der Waals surface area contributed by atoms with Crippen LogP contribution in [0, 0.1) is 0 Å². The number of rotatable bonds is 7. The first-order valence-electron chi connectivity index (χ1n) is 9.50. The highest BCUT2D eigenvalue weighted by molar-refractivity contribution is 9.11. The van der Waals surface area contributed by atoms with Crippen molar-refractivity contribution >= 4 is 88.3 Å². The molecule has 13 heteroatoms. The largest absolute Gasteiger partial charge is 0.477 e. The maximum Gasteiger partial charge on any atom is 0.370 e. The van der Waals surface area contributed by atoms with Crippen LogP contribution in [0.25, 0.3) is 16.3 Å². The number of benzene rings is 1. The molecule has 33 heavy (non-hydrogen) atoms. The number of carboxylic acids is 1. The molecule has 2 aromatic heterocycles. The summed E-state index contributed by atoms with van der Waals surface area (Å²) in [7, 11) is -4.32. The minimum atomic E-state index is -4.32. The number of aromatic nitrogens is 1. The molecular weight excluding hydrogens is 576 g/mol. The Balaban J connectivity index is 1.78. The average Bonchev–Trinajstić information content (AvgIpc) is 3.32. The number of allylic oxidation sites excluding steroid dienone is 2. The number of thiophene rings is 1. The summed E-state index contributed by atoms with van der Waals surface area (Å²) in [6, 6.07) is 7.03. The van der Waals surface area contributed by atoms with Crippen molar-refractivity contribution in [2.24, 2.45) is 0 Å². The van der Waals surface area contributed by atoms with E-state index in [1.54, 1.807) is 28.8 Å². The molecular formula is C20H17BrClN2O6S3+. The summed E-state index contributed by atoms with van der Waals surface area (Å²) in [5.41, 5.74) is 2.02. The van der Waals surface area contributed by atoms with Gasteiger partial charge in [-0.2, -0.15) is 13.0 Å². The molecule has 174 valence electrons. The minimum absolute atomic E-state index is 0.240. The molecule has 0 atom stereocenters. The Morgan fingerprint density at radius 2 is 2.09 bits per heavy atom. The van der Waals surface area contributed by atoms with Crippen LogP contribution >= 0.6 is 50.2 Å². The molecule has 0 radical (unpaired) electrons. The lowest BCUT2D eigenvalue weighted by atomic mass is 10.2. The first kappa shape index (κ1) is 24.2. The quantitative estimate of drug-likeness (QED) is 0.289. The molecule has 8 nitrogen and oxygen atoms in total. The van der Waals surface area contributed by atoms with Gasteiger partial charge in [0.2, 0.25) is 23.0 Å². The van der Waals surface area contributed by atoms with Crippen LogP contribution in [-0.4, -0.2) is 29.9 Å². The lowest BCUT2D eigenvalue weighted by Gasteiger charge is -2.16. The smallest absolute Gasteiger partial charge is 0.370 e. The minimum Gasteiger partial charge on any atom is -0.477 e. The van der Waals surface area contributed by atoms with Crippen molar-refractivity contribution in [3.63, 3.8) is 0 Å². The van der Waals surface area contributed by atoms with E-state index in [0.29, 0.717) is 32.7 Å². The van der Waals surface area contributed by atoms with Gasteiger partial charge in [0.15, 0.2) is 5.88 Å². The van der Waals surface area contributed by atoms with E-state index in [9.17, 15) is 22.9 Å². The molecule has 0 aliphatic carbocycles. The van der Waals surface area contributed by atoms with Gasteiger partial charge in [0.1, 0.15) is 10.4 Å². The molecule has 0 unspecified atom stereocenters. The van der Waals surface area contributed by atoms with Crippen LogP contribution in [-0.2, 0) is 21.5 Å². The second-order valence-corrected chi connectivity index (χ2v) is 12.4. The summed E-state index contributed by atoms with van der Waals surface area (Å²) in [5.74, 6) is -1.39. The normalized spacial score (nSPS) is 15.3. The summed E-state index contributed by atoms with van der Waals surface area (Å²) in [5, 5.41) is 11.1. The number of ether oxygens (including phenoxy) is 1. The molecule has 0 amide bonds. The van der Waals surface area contributed by atoms with Crippen LogP contribution in [0.15, 0.2) is 45.6 Å². The molecule has 1 aliphatic rings. The van der Waals surface area contributed by atoms with Crippen molar-refractivity contribution in [1.29, 1.82) is 0 Å². The van der Waals surface area contributed by atoms with Crippen molar-refractivity contribution in [2.75, 3.05) is 10.8 Å². The number of carbonyl (C=O) groups is 1. The molecule has 3 aromatic rings. The van der Waals surface area contributed by atoms with Crippen LogP contribution in [0.1, 0.15) is 18.4 Å².